The van der Waals surface area contributed by atoms with Crippen LogP contribution in [0.3, 0.4) is 0 Å². The molecule has 0 fully saturated rings. The number of hydrogen-bond acceptors (Lipinski definition) is 4. The first-order valence-corrected chi connectivity index (χ1v) is 12.4. The average molecular weight is 462 g/mol. The molecule has 1 atom stereocenters. The highest BCUT2D eigenvalue weighted by atomic mass is 16.5. The lowest BCUT2D eigenvalue weighted by molar-refractivity contribution is 0.0741. The Labute approximate surface area is 202 Å². The van der Waals surface area contributed by atoms with Gasteiger partial charge in [0, 0.05) is 17.7 Å². The Morgan fingerprint density at radius 3 is 2.47 bits per heavy atom. The summed E-state index contributed by atoms with van der Waals surface area (Å²) >= 11 is 0. The van der Waals surface area contributed by atoms with E-state index in [1.54, 1.807) is 6.07 Å². The molecule has 2 aromatic carbocycles. The van der Waals surface area contributed by atoms with Crippen molar-refractivity contribution in [1.82, 2.24) is 15.1 Å². The van der Waals surface area contributed by atoms with Crippen LogP contribution in [0, 0.1) is 13.8 Å². The molecule has 0 aliphatic carbocycles. The van der Waals surface area contributed by atoms with E-state index < -0.39 is 0 Å². The number of aryl methyl sites for hydroxylation is 2. The molecule has 1 aliphatic rings. The van der Waals surface area contributed by atoms with Crippen LogP contribution in [-0.4, -0.2) is 39.3 Å². The maximum atomic E-state index is 13.4. The van der Waals surface area contributed by atoms with Crippen molar-refractivity contribution in [2.24, 2.45) is 0 Å². The molecule has 6 nitrogen and oxygen atoms in total. The molecule has 2 heterocycles. The third kappa shape index (κ3) is 4.54. The summed E-state index contributed by atoms with van der Waals surface area (Å²) in [5.41, 5.74) is 5.58. The molecule has 180 valence electrons. The minimum Gasteiger partial charge on any atom is -0.507 e. The van der Waals surface area contributed by atoms with E-state index in [2.05, 4.69) is 24.0 Å². The summed E-state index contributed by atoms with van der Waals surface area (Å²) in [5, 5.41) is 18.3. The van der Waals surface area contributed by atoms with Gasteiger partial charge in [-0.15, -0.1) is 0 Å². The van der Waals surface area contributed by atoms with Crippen molar-refractivity contribution in [2.75, 3.05) is 13.2 Å². The number of amides is 1. The van der Waals surface area contributed by atoms with E-state index in [4.69, 9.17) is 4.74 Å². The van der Waals surface area contributed by atoms with E-state index in [1.165, 1.54) is 0 Å². The number of aromatic amines is 1. The molecule has 1 aliphatic heterocycles. The number of aromatic hydroxyl groups is 1. The fourth-order valence-electron chi connectivity index (χ4n) is 4.83. The van der Waals surface area contributed by atoms with Crippen LogP contribution in [0.5, 0.6) is 11.5 Å². The van der Waals surface area contributed by atoms with Gasteiger partial charge < -0.3 is 14.7 Å². The molecule has 0 saturated carbocycles. The third-order valence-corrected chi connectivity index (χ3v) is 6.52. The maximum absolute atomic E-state index is 13.4. The zero-order chi connectivity index (χ0) is 24.2. The van der Waals surface area contributed by atoms with Gasteiger partial charge in [-0.25, -0.2) is 0 Å². The number of benzene rings is 2. The van der Waals surface area contributed by atoms with Crippen molar-refractivity contribution in [2.45, 2.75) is 65.8 Å². The van der Waals surface area contributed by atoms with Gasteiger partial charge in [-0.1, -0.05) is 51.3 Å². The van der Waals surface area contributed by atoms with Crippen LogP contribution in [0.15, 0.2) is 36.4 Å². The number of phenolic OH excluding ortho intramolecular Hbond substituents is 1. The lowest BCUT2D eigenvalue weighted by Crippen LogP contribution is -2.30. The first-order chi connectivity index (χ1) is 16.5. The highest BCUT2D eigenvalue weighted by molar-refractivity contribution is 6.00. The second-order valence-electron chi connectivity index (χ2n) is 9.22. The van der Waals surface area contributed by atoms with E-state index in [9.17, 15) is 9.90 Å². The standard InChI is InChI=1S/C28H35N3O3/c1-5-7-9-15-34-21-12-10-20(11-13-21)27-24-25(23-19(4)16-18(3)17-22(23)32)29-30-26(24)28(33)31(27)14-8-6-2/h10-13,16-17,27,32H,5-9,14-15H2,1-4H3,(H,29,30). The number of fused-ring (bicyclic) bond motifs is 1. The Bertz CT molecular complexity index is 1130. The van der Waals surface area contributed by atoms with Crippen LogP contribution in [0.2, 0.25) is 0 Å². The molecule has 3 aromatic rings. The fourth-order valence-corrected chi connectivity index (χ4v) is 4.83. The van der Waals surface area contributed by atoms with E-state index in [1.807, 2.05) is 49.1 Å². The molecule has 1 unspecified atom stereocenters. The van der Waals surface area contributed by atoms with Crippen LogP contribution in [0.1, 0.15) is 84.7 Å². The van der Waals surface area contributed by atoms with Crippen LogP contribution < -0.4 is 4.74 Å². The maximum Gasteiger partial charge on any atom is 0.273 e. The number of ether oxygens (including phenoxy) is 1. The monoisotopic (exact) mass is 461 g/mol. The summed E-state index contributed by atoms with van der Waals surface area (Å²) < 4.78 is 5.90. The van der Waals surface area contributed by atoms with Gasteiger partial charge in [-0.2, -0.15) is 5.10 Å². The Morgan fingerprint density at radius 2 is 1.79 bits per heavy atom. The number of unbranched alkanes of at least 4 members (excludes halogenated alkanes) is 3. The van der Waals surface area contributed by atoms with Gasteiger partial charge in [-0.3, -0.25) is 9.89 Å². The van der Waals surface area contributed by atoms with Crippen molar-refractivity contribution in [1.29, 1.82) is 0 Å². The second-order valence-corrected chi connectivity index (χ2v) is 9.22. The lowest BCUT2D eigenvalue weighted by atomic mass is 9.93. The van der Waals surface area contributed by atoms with Crippen molar-refractivity contribution >= 4 is 5.91 Å². The predicted octanol–water partition coefficient (Wildman–Crippen LogP) is 6.31. The first kappa shape index (κ1) is 23.9. The van der Waals surface area contributed by atoms with Crippen LogP contribution in [0.4, 0.5) is 0 Å². The minimum atomic E-state index is -0.267. The van der Waals surface area contributed by atoms with E-state index >= 15 is 0 Å². The molecule has 0 spiro atoms. The highest BCUT2D eigenvalue weighted by Gasteiger charge is 2.42. The Morgan fingerprint density at radius 1 is 1.06 bits per heavy atom. The molecule has 6 heteroatoms. The number of phenols is 1. The fraction of sp³-hybridized carbons (Fsp3) is 0.429. The minimum absolute atomic E-state index is 0.0450. The zero-order valence-corrected chi connectivity index (χ0v) is 20.6. The molecule has 4 rings (SSSR count). The largest absolute Gasteiger partial charge is 0.507 e. The van der Waals surface area contributed by atoms with Crippen LogP contribution in [-0.2, 0) is 0 Å². The molecule has 0 bridgehead atoms. The summed E-state index contributed by atoms with van der Waals surface area (Å²) in [7, 11) is 0. The summed E-state index contributed by atoms with van der Waals surface area (Å²) in [6.07, 6.45) is 5.28. The Kier molecular flexibility index (Phi) is 7.25. The predicted molar refractivity (Wildman–Crippen MR) is 134 cm³/mol. The summed E-state index contributed by atoms with van der Waals surface area (Å²) in [6.45, 7) is 9.60. The second kappa shape index (κ2) is 10.3. The number of nitrogens with one attached hydrogen (secondary N) is 1. The van der Waals surface area contributed by atoms with Gasteiger partial charge in [0.25, 0.3) is 5.91 Å². The molecule has 1 aromatic heterocycles. The topological polar surface area (TPSA) is 78.5 Å². The quantitative estimate of drug-likeness (QED) is 0.347. The van der Waals surface area contributed by atoms with Crippen LogP contribution >= 0.6 is 0 Å². The van der Waals surface area contributed by atoms with Gasteiger partial charge >= 0.3 is 0 Å². The number of carbonyl (C=O) groups excluding carboxylic acids is 1. The van der Waals surface area contributed by atoms with Crippen molar-refractivity contribution in [3.05, 3.63) is 64.3 Å². The third-order valence-electron chi connectivity index (χ3n) is 6.52. The van der Waals surface area contributed by atoms with Crippen molar-refractivity contribution in [3.63, 3.8) is 0 Å². The SMILES string of the molecule is CCCCCOc1ccc(C2c3c(-c4c(C)cc(C)cc4O)n[nH]c3C(=O)N2CCCC)cc1. The number of H-pyrrole nitrogens is 1. The first-order valence-electron chi connectivity index (χ1n) is 12.4. The van der Waals surface area contributed by atoms with Gasteiger partial charge in [0.15, 0.2) is 0 Å². The Balaban J connectivity index is 1.74. The summed E-state index contributed by atoms with van der Waals surface area (Å²) in [5.74, 6) is 0.973. The van der Waals surface area contributed by atoms with Gasteiger partial charge in [0.05, 0.1) is 12.6 Å². The average Bonchev–Trinajstić information content (AvgIpc) is 3.34. The summed E-state index contributed by atoms with van der Waals surface area (Å²) in [4.78, 5) is 15.3. The van der Waals surface area contributed by atoms with Crippen molar-refractivity contribution in [3.8, 4) is 22.8 Å². The molecule has 2 N–H and O–H groups in total. The number of aromatic nitrogens is 2. The highest BCUT2D eigenvalue weighted by Crippen LogP contribution is 2.45. The number of carbonyl (C=O) groups is 1. The smallest absolute Gasteiger partial charge is 0.273 e. The molecular formula is C28H35N3O3. The number of rotatable bonds is 10. The Hall–Kier alpha value is -3.28. The van der Waals surface area contributed by atoms with E-state index in [0.717, 1.165) is 60.1 Å². The van der Waals surface area contributed by atoms with Crippen LogP contribution in [0.25, 0.3) is 11.3 Å². The van der Waals surface area contributed by atoms with E-state index in [-0.39, 0.29) is 17.7 Å². The van der Waals surface area contributed by atoms with Crippen molar-refractivity contribution < 1.29 is 14.6 Å². The van der Waals surface area contributed by atoms with Gasteiger partial charge in [-0.05, 0) is 61.6 Å². The molecule has 34 heavy (non-hydrogen) atoms. The summed E-state index contributed by atoms with van der Waals surface area (Å²) in [6, 6.07) is 11.6. The molecule has 0 radical (unpaired) electrons. The van der Waals surface area contributed by atoms with Gasteiger partial charge in [0.1, 0.15) is 22.9 Å². The molecule has 1 amide bonds. The zero-order valence-electron chi connectivity index (χ0n) is 20.6. The normalized spacial score (nSPS) is 15.1. The number of hydrogen-bond donors (Lipinski definition) is 2. The van der Waals surface area contributed by atoms with Gasteiger partial charge in [0.2, 0.25) is 0 Å². The van der Waals surface area contributed by atoms with E-state index in [0.29, 0.717) is 30.1 Å². The molecular weight excluding hydrogens is 426 g/mol. The lowest BCUT2D eigenvalue weighted by Gasteiger charge is -2.26. The molecule has 0 saturated heterocycles. The number of nitrogens with zero attached hydrogens (tertiary/aromatic N) is 2.